The van der Waals surface area contributed by atoms with E-state index in [0.717, 1.165) is 30.4 Å². The Hall–Kier alpha value is -1.62. The fraction of sp³-hybridized carbons (Fsp3) is 0.600. The number of oxazole rings is 1. The summed E-state index contributed by atoms with van der Waals surface area (Å²) in [4.78, 5) is 6.98. The highest BCUT2D eigenvalue weighted by molar-refractivity contribution is 5.12. The van der Waals surface area contributed by atoms with E-state index in [1.807, 2.05) is 13.1 Å². The minimum absolute atomic E-state index is 0.337. The summed E-state index contributed by atoms with van der Waals surface area (Å²) in [7, 11) is 0. The number of rotatable bonds is 4. The van der Waals surface area contributed by atoms with E-state index in [0.29, 0.717) is 12.0 Å². The molecule has 0 amide bonds. The molecular formula is C15H22N4O. The van der Waals surface area contributed by atoms with Crippen molar-refractivity contribution in [3.8, 4) is 0 Å². The summed E-state index contributed by atoms with van der Waals surface area (Å²) >= 11 is 0. The second-order valence-electron chi connectivity index (χ2n) is 5.86. The van der Waals surface area contributed by atoms with E-state index in [9.17, 15) is 0 Å². The van der Waals surface area contributed by atoms with Crippen LogP contribution in [0, 0.1) is 6.92 Å². The van der Waals surface area contributed by atoms with Gasteiger partial charge in [-0.15, -0.1) is 0 Å². The smallest absolute Gasteiger partial charge is 0.197 e. The Morgan fingerprint density at radius 1 is 1.50 bits per heavy atom. The fourth-order valence-corrected chi connectivity index (χ4v) is 2.85. The number of nitrogens with one attached hydrogen (secondary N) is 1. The van der Waals surface area contributed by atoms with Crippen molar-refractivity contribution < 1.29 is 4.42 Å². The Kier molecular flexibility index (Phi) is 3.61. The number of aromatic nitrogens is 3. The first-order valence-corrected chi connectivity index (χ1v) is 7.34. The third-order valence-corrected chi connectivity index (χ3v) is 3.99. The van der Waals surface area contributed by atoms with Gasteiger partial charge in [0, 0.05) is 12.1 Å². The van der Waals surface area contributed by atoms with Crippen LogP contribution in [0.15, 0.2) is 16.7 Å². The van der Waals surface area contributed by atoms with Gasteiger partial charge in [0.15, 0.2) is 5.89 Å². The molecule has 0 aromatic carbocycles. The molecule has 1 unspecified atom stereocenters. The van der Waals surface area contributed by atoms with Crippen LogP contribution in [0.5, 0.6) is 0 Å². The predicted molar refractivity (Wildman–Crippen MR) is 76.3 cm³/mol. The zero-order chi connectivity index (χ0) is 14.1. The van der Waals surface area contributed by atoms with Gasteiger partial charge in [-0.2, -0.15) is 5.10 Å². The van der Waals surface area contributed by atoms with Crippen LogP contribution >= 0.6 is 0 Å². The molecule has 20 heavy (non-hydrogen) atoms. The Morgan fingerprint density at radius 3 is 3.00 bits per heavy atom. The SMILES string of the molecule is Cc1nc(C(C)C)oc1CN1CCCC1c1ccn[nH]1. The summed E-state index contributed by atoms with van der Waals surface area (Å²) in [6.45, 7) is 8.18. The van der Waals surface area contributed by atoms with Crippen molar-refractivity contribution in [2.24, 2.45) is 0 Å². The summed E-state index contributed by atoms with van der Waals surface area (Å²) < 4.78 is 5.92. The molecule has 0 bridgehead atoms. The average Bonchev–Trinajstić information content (AvgIpc) is 3.11. The third-order valence-electron chi connectivity index (χ3n) is 3.99. The highest BCUT2D eigenvalue weighted by Crippen LogP contribution is 2.32. The van der Waals surface area contributed by atoms with Gasteiger partial charge >= 0.3 is 0 Å². The first kappa shape index (κ1) is 13.4. The van der Waals surface area contributed by atoms with Crippen molar-refractivity contribution in [1.82, 2.24) is 20.1 Å². The van der Waals surface area contributed by atoms with E-state index in [4.69, 9.17) is 4.42 Å². The Balaban J connectivity index is 1.77. The molecule has 1 N–H and O–H groups in total. The summed E-state index contributed by atoms with van der Waals surface area (Å²) in [6.07, 6.45) is 4.21. The average molecular weight is 274 g/mol. The molecule has 3 heterocycles. The van der Waals surface area contributed by atoms with Crippen molar-refractivity contribution in [2.75, 3.05) is 6.54 Å². The molecule has 2 aromatic rings. The van der Waals surface area contributed by atoms with Crippen molar-refractivity contribution in [2.45, 2.75) is 52.1 Å². The number of aromatic amines is 1. The van der Waals surface area contributed by atoms with Gasteiger partial charge in [0.2, 0.25) is 0 Å². The first-order chi connectivity index (χ1) is 9.65. The van der Waals surface area contributed by atoms with Crippen LogP contribution in [0.25, 0.3) is 0 Å². The molecule has 5 nitrogen and oxygen atoms in total. The number of likely N-dealkylation sites (tertiary alicyclic amines) is 1. The van der Waals surface area contributed by atoms with E-state index in [1.54, 1.807) is 0 Å². The summed E-state index contributed by atoms with van der Waals surface area (Å²) in [5, 5.41) is 7.16. The lowest BCUT2D eigenvalue weighted by Crippen LogP contribution is -2.23. The Labute approximate surface area is 119 Å². The van der Waals surface area contributed by atoms with E-state index in [1.165, 1.54) is 18.5 Å². The zero-order valence-electron chi connectivity index (χ0n) is 12.4. The third kappa shape index (κ3) is 2.50. The van der Waals surface area contributed by atoms with E-state index < -0.39 is 0 Å². The van der Waals surface area contributed by atoms with Crippen LogP contribution in [0.2, 0.25) is 0 Å². The van der Waals surface area contributed by atoms with E-state index in [2.05, 4.69) is 40.0 Å². The fourth-order valence-electron chi connectivity index (χ4n) is 2.85. The molecule has 1 atom stereocenters. The van der Waals surface area contributed by atoms with Gasteiger partial charge in [-0.1, -0.05) is 13.8 Å². The molecule has 0 radical (unpaired) electrons. The number of hydrogen-bond acceptors (Lipinski definition) is 4. The van der Waals surface area contributed by atoms with Gasteiger partial charge in [0.25, 0.3) is 0 Å². The van der Waals surface area contributed by atoms with Crippen LogP contribution in [0.4, 0.5) is 0 Å². The molecule has 1 aliphatic rings. The molecule has 2 aromatic heterocycles. The molecule has 1 saturated heterocycles. The molecule has 1 aliphatic heterocycles. The minimum atomic E-state index is 0.337. The molecule has 0 aliphatic carbocycles. The lowest BCUT2D eigenvalue weighted by Gasteiger charge is -2.22. The van der Waals surface area contributed by atoms with E-state index in [-0.39, 0.29) is 0 Å². The minimum Gasteiger partial charge on any atom is -0.444 e. The Morgan fingerprint density at radius 2 is 2.35 bits per heavy atom. The maximum atomic E-state index is 5.92. The van der Waals surface area contributed by atoms with Crippen LogP contribution < -0.4 is 0 Å². The summed E-state index contributed by atoms with van der Waals surface area (Å²) in [5.41, 5.74) is 2.22. The van der Waals surface area contributed by atoms with E-state index >= 15 is 0 Å². The molecule has 0 spiro atoms. The molecule has 0 saturated carbocycles. The number of hydrogen-bond donors (Lipinski definition) is 1. The van der Waals surface area contributed by atoms with Gasteiger partial charge in [0.1, 0.15) is 5.76 Å². The highest BCUT2D eigenvalue weighted by Gasteiger charge is 2.28. The normalized spacial score (nSPS) is 20.1. The van der Waals surface area contributed by atoms with Crippen LogP contribution in [0.1, 0.15) is 61.7 Å². The maximum Gasteiger partial charge on any atom is 0.197 e. The van der Waals surface area contributed by atoms with Crippen LogP contribution in [0.3, 0.4) is 0 Å². The van der Waals surface area contributed by atoms with Gasteiger partial charge in [-0.05, 0) is 32.4 Å². The van der Waals surface area contributed by atoms with Crippen molar-refractivity contribution in [3.05, 3.63) is 35.3 Å². The molecular weight excluding hydrogens is 252 g/mol. The summed E-state index contributed by atoms with van der Waals surface area (Å²) in [5.74, 6) is 2.18. The second-order valence-corrected chi connectivity index (χ2v) is 5.86. The lowest BCUT2D eigenvalue weighted by atomic mass is 10.1. The number of nitrogens with zero attached hydrogens (tertiary/aromatic N) is 3. The maximum absolute atomic E-state index is 5.92. The number of aryl methyl sites for hydroxylation is 1. The molecule has 3 rings (SSSR count). The standard InChI is InChI=1S/C15H22N4O/c1-10(2)15-17-11(3)14(20-15)9-19-8-4-5-13(19)12-6-7-16-18-12/h6-7,10,13H,4-5,8-9H2,1-3H3,(H,16,18). The zero-order valence-corrected chi connectivity index (χ0v) is 12.4. The van der Waals surface area contributed by atoms with Gasteiger partial charge < -0.3 is 4.42 Å². The lowest BCUT2D eigenvalue weighted by molar-refractivity contribution is 0.221. The monoisotopic (exact) mass is 274 g/mol. The van der Waals surface area contributed by atoms with Gasteiger partial charge in [0.05, 0.1) is 24.0 Å². The van der Waals surface area contributed by atoms with Crippen molar-refractivity contribution in [1.29, 1.82) is 0 Å². The summed E-state index contributed by atoms with van der Waals surface area (Å²) in [6, 6.07) is 2.49. The van der Waals surface area contributed by atoms with Crippen molar-refractivity contribution >= 4 is 0 Å². The first-order valence-electron chi connectivity index (χ1n) is 7.34. The largest absolute Gasteiger partial charge is 0.444 e. The van der Waals surface area contributed by atoms with Crippen LogP contribution in [-0.4, -0.2) is 26.6 Å². The molecule has 108 valence electrons. The van der Waals surface area contributed by atoms with Crippen molar-refractivity contribution in [3.63, 3.8) is 0 Å². The number of H-pyrrole nitrogens is 1. The highest BCUT2D eigenvalue weighted by atomic mass is 16.4. The quantitative estimate of drug-likeness (QED) is 0.930. The second kappa shape index (κ2) is 5.40. The Bertz CT molecular complexity index is 558. The topological polar surface area (TPSA) is 58.0 Å². The molecule has 1 fully saturated rings. The molecule has 5 heteroatoms. The van der Waals surface area contributed by atoms with Crippen LogP contribution in [-0.2, 0) is 6.54 Å². The van der Waals surface area contributed by atoms with Gasteiger partial charge in [-0.3, -0.25) is 10.00 Å². The van der Waals surface area contributed by atoms with Gasteiger partial charge in [-0.25, -0.2) is 4.98 Å². The predicted octanol–water partition coefficient (Wildman–Crippen LogP) is 3.17.